The van der Waals surface area contributed by atoms with Crippen molar-refractivity contribution >= 4 is 21.9 Å². The number of hydrogen-bond acceptors (Lipinski definition) is 5. The molecule has 2 aromatic carbocycles. The molecule has 1 amide bonds. The highest BCUT2D eigenvalue weighted by Crippen LogP contribution is 2.29. The van der Waals surface area contributed by atoms with Gasteiger partial charge in [0.2, 0.25) is 10.0 Å². The lowest BCUT2D eigenvalue weighted by molar-refractivity contribution is -0.150. The van der Waals surface area contributed by atoms with Crippen molar-refractivity contribution in [2.24, 2.45) is 0 Å². The summed E-state index contributed by atoms with van der Waals surface area (Å²) < 4.78 is 45.2. The van der Waals surface area contributed by atoms with Crippen molar-refractivity contribution in [2.75, 3.05) is 6.61 Å². The third-order valence-electron chi connectivity index (χ3n) is 4.86. The van der Waals surface area contributed by atoms with Crippen molar-refractivity contribution in [1.29, 1.82) is 0 Å². The molecule has 3 rings (SSSR count). The van der Waals surface area contributed by atoms with Crippen LogP contribution in [0.25, 0.3) is 0 Å². The SMILES string of the molecule is C[C@H](NS(=O)(=O)c1ccccc1F)C(=O)OCC(=O)NC1CCCc2ccccc21. The zero-order valence-electron chi connectivity index (χ0n) is 16.4. The summed E-state index contributed by atoms with van der Waals surface area (Å²) in [7, 11) is -4.26. The van der Waals surface area contributed by atoms with Gasteiger partial charge >= 0.3 is 5.97 Å². The molecule has 1 aliphatic rings. The Hall–Kier alpha value is -2.78. The minimum atomic E-state index is -4.26. The van der Waals surface area contributed by atoms with Gasteiger partial charge in [-0.2, -0.15) is 4.72 Å². The van der Waals surface area contributed by atoms with Gasteiger partial charge in [0.15, 0.2) is 6.61 Å². The number of hydrogen-bond donors (Lipinski definition) is 2. The van der Waals surface area contributed by atoms with Crippen molar-refractivity contribution in [2.45, 2.75) is 43.2 Å². The zero-order valence-corrected chi connectivity index (χ0v) is 17.2. The fraction of sp³-hybridized carbons (Fsp3) is 0.333. The first-order valence-electron chi connectivity index (χ1n) is 9.58. The van der Waals surface area contributed by atoms with Gasteiger partial charge in [0.05, 0.1) is 6.04 Å². The number of fused-ring (bicyclic) bond motifs is 1. The molecule has 2 atom stereocenters. The first-order chi connectivity index (χ1) is 14.3. The fourth-order valence-corrected chi connectivity index (χ4v) is 4.68. The predicted molar refractivity (Wildman–Crippen MR) is 107 cm³/mol. The number of ether oxygens (including phenoxy) is 1. The molecule has 2 aromatic rings. The Kier molecular flexibility index (Phi) is 6.84. The van der Waals surface area contributed by atoms with Crippen molar-refractivity contribution in [1.82, 2.24) is 10.0 Å². The first kappa shape index (κ1) is 21.9. The monoisotopic (exact) mass is 434 g/mol. The molecule has 0 heterocycles. The molecule has 0 spiro atoms. The van der Waals surface area contributed by atoms with Gasteiger partial charge in [0, 0.05) is 0 Å². The highest BCUT2D eigenvalue weighted by Gasteiger charge is 2.26. The molecule has 1 aliphatic carbocycles. The number of carbonyl (C=O) groups excluding carboxylic acids is 2. The van der Waals surface area contributed by atoms with Crippen LogP contribution in [0.5, 0.6) is 0 Å². The van der Waals surface area contributed by atoms with E-state index in [4.69, 9.17) is 4.74 Å². The van der Waals surface area contributed by atoms with Crippen LogP contribution in [0.15, 0.2) is 53.4 Å². The maximum Gasteiger partial charge on any atom is 0.324 e. The van der Waals surface area contributed by atoms with E-state index in [0.29, 0.717) is 0 Å². The first-order valence-corrected chi connectivity index (χ1v) is 11.1. The van der Waals surface area contributed by atoms with Crippen LogP contribution < -0.4 is 10.0 Å². The fourth-order valence-electron chi connectivity index (χ4n) is 3.41. The molecule has 0 saturated heterocycles. The van der Waals surface area contributed by atoms with E-state index in [0.717, 1.165) is 37.0 Å². The summed E-state index contributed by atoms with van der Waals surface area (Å²) in [6, 6.07) is 11.2. The molecule has 9 heteroatoms. The van der Waals surface area contributed by atoms with Crippen molar-refractivity contribution in [3.05, 3.63) is 65.5 Å². The number of nitrogens with one attached hydrogen (secondary N) is 2. The maximum absolute atomic E-state index is 13.7. The lowest BCUT2D eigenvalue weighted by Gasteiger charge is -2.26. The van der Waals surface area contributed by atoms with E-state index in [9.17, 15) is 22.4 Å². The van der Waals surface area contributed by atoms with Gasteiger partial charge in [0.1, 0.15) is 16.8 Å². The average Bonchev–Trinajstić information content (AvgIpc) is 2.72. The zero-order chi connectivity index (χ0) is 21.7. The summed E-state index contributed by atoms with van der Waals surface area (Å²) in [6.07, 6.45) is 2.68. The van der Waals surface area contributed by atoms with Crippen molar-refractivity contribution < 1.29 is 27.1 Å². The number of sulfonamides is 1. The molecule has 0 radical (unpaired) electrons. The molecule has 7 nitrogen and oxygen atoms in total. The van der Waals surface area contributed by atoms with E-state index in [1.54, 1.807) is 0 Å². The summed E-state index contributed by atoms with van der Waals surface area (Å²) >= 11 is 0. The van der Waals surface area contributed by atoms with Crippen LogP contribution in [0, 0.1) is 5.82 Å². The number of rotatable bonds is 7. The van der Waals surface area contributed by atoms with E-state index < -0.39 is 45.3 Å². The molecular formula is C21H23FN2O5S. The second-order valence-corrected chi connectivity index (χ2v) is 8.77. The van der Waals surface area contributed by atoms with Crippen LogP contribution in [0.1, 0.15) is 36.9 Å². The second-order valence-electron chi connectivity index (χ2n) is 7.09. The second kappa shape index (κ2) is 9.36. The third kappa shape index (κ3) is 5.22. The van der Waals surface area contributed by atoms with Gasteiger partial charge in [-0.15, -0.1) is 0 Å². The largest absolute Gasteiger partial charge is 0.454 e. The Balaban J connectivity index is 1.53. The molecular weight excluding hydrogens is 411 g/mol. The molecule has 0 saturated carbocycles. The van der Waals surface area contributed by atoms with E-state index in [1.807, 2.05) is 24.3 Å². The number of amides is 1. The van der Waals surface area contributed by atoms with Gasteiger partial charge < -0.3 is 10.1 Å². The Morgan fingerprint density at radius 3 is 2.63 bits per heavy atom. The summed E-state index contributed by atoms with van der Waals surface area (Å²) in [4.78, 5) is 23.8. The number of aryl methyl sites for hydroxylation is 1. The number of carbonyl (C=O) groups is 2. The molecule has 0 aliphatic heterocycles. The van der Waals surface area contributed by atoms with Gasteiger partial charge in [-0.05, 0) is 49.4 Å². The van der Waals surface area contributed by atoms with Gasteiger partial charge in [0.25, 0.3) is 5.91 Å². The maximum atomic E-state index is 13.7. The Bertz CT molecular complexity index is 1040. The molecule has 2 N–H and O–H groups in total. The van der Waals surface area contributed by atoms with Crippen LogP contribution in [0.2, 0.25) is 0 Å². The quantitative estimate of drug-likeness (QED) is 0.651. The summed E-state index contributed by atoms with van der Waals surface area (Å²) in [6.45, 7) is 0.722. The predicted octanol–water partition coefficient (Wildman–Crippen LogP) is 2.23. The lowest BCUT2D eigenvalue weighted by atomic mass is 9.88. The summed E-state index contributed by atoms with van der Waals surface area (Å²) in [5, 5.41) is 2.85. The summed E-state index contributed by atoms with van der Waals surface area (Å²) in [5.41, 5.74) is 2.23. The number of benzene rings is 2. The normalized spacial score (nSPS) is 16.9. The van der Waals surface area contributed by atoms with Gasteiger partial charge in [-0.1, -0.05) is 36.4 Å². The average molecular weight is 434 g/mol. The lowest BCUT2D eigenvalue weighted by Crippen LogP contribution is -2.41. The van der Waals surface area contributed by atoms with E-state index in [-0.39, 0.29) is 6.04 Å². The molecule has 0 fully saturated rings. The van der Waals surface area contributed by atoms with Crippen molar-refractivity contribution in [3.8, 4) is 0 Å². The Labute approximate surface area is 174 Å². The van der Waals surface area contributed by atoms with Crippen LogP contribution in [0.3, 0.4) is 0 Å². The minimum Gasteiger partial charge on any atom is -0.454 e. The van der Waals surface area contributed by atoms with E-state index in [2.05, 4.69) is 10.0 Å². The highest BCUT2D eigenvalue weighted by atomic mass is 32.2. The molecule has 160 valence electrons. The summed E-state index contributed by atoms with van der Waals surface area (Å²) in [5.74, 6) is -2.35. The molecule has 30 heavy (non-hydrogen) atoms. The molecule has 1 unspecified atom stereocenters. The Morgan fingerprint density at radius 1 is 1.17 bits per heavy atom. The molecule has 0 bridgehead atoms. The van der Waals surface area contributed by atoms with Crippen LogP contribution >= 0.6 is 0 Å². The smallest absolute Gasteiger partial charge is 0.324 e. The minimum absolute atomic E-state index is 0.155. The third-order valence-corrected chi connectivity index (χ3v) is 6.44. The molecule has 0 aromatic heterocycles. The van der Waals surface area contributed by atoms with Gasteiger partial charge in [-0.25, -0.2) is 12.8 Å². The van der Waals surface area contributed by atoms with Crippen LogP contribution in [0.4, 0.5) is 4.39 Å². The number of esters is 1. The number of halogens is 1. The van der Waals surface area contributed by atoms with Crippen LogP contribution in [-0.4, -0.2) is 32.9 Å². The van der Waals surface area contributed by atoms with Crippen LogP contribution in [-0.2, 0) is 30.8 Å². The van der Waals surface area contributed by atoms with Gasteiger partial charge in [-0.3, -0.25) is 9.59 Å². The Morgan fingerprint density at radius 2 is 1.87 bits per heavy atom. The topological polar surface area (TPSA) is 102 Å². The highest BCUT2D eigenvalue weighted by molar-refractivity contribution is 7.89. The van der Waals surface area contributed by atoms with E-state index in [1.165, 1.54) is 24.6 Å². The van der Waals surface area contributed by atoms with Crippen molar-refractivity contribution in [3.63, 3.8) is 0 Å². The van der Waals surface area contributed by atoms with E-state index >= 15 is 0 Å². The standard InChI is InChI=1S/C21H23FN2O5S/c1-14(24-30(27,28)19-12-5-4-10-17(19)22)21(26)29-13-20(25)23-18-11-6-8-15-7-2-3-9-16(15)18/h2-5,7,9-10,12,14,18,24H,6,8,11,13H2,1H3,(H,23,25)/t14-,18?/m0/s1.